The molecule has 0 saturated heterocycles. The SMILES string of the molecule is Nc1ccc(Br)c(C(=O)N(CCO)CC(F)F)c1. The molecule has 1 amide bonds. The van der Waals surface area contributed by atoms with Crippen molar-refractivity contribution >= 4 is 27.5 Å². The van der Waals surface area contributed by atoms with Gasteiger partial charge in [0.15, 0.2) is 0 Å². The lowest BCUT2D eigenvalue weighted by Crippen LogP contribution is -2.37. The molecule has 4 nitrogen and oxygen atoms in total. The molecule has 0 atom stereocenters. The highest BCUT2D eigenvalue weighted by molar-refractivity contribution is 9.10. The number of hydrogen-bond donors (Lipinski definition) is 2. The van der Waals surface area contributed by atoms with Crippen molar-refractivity contribution in [3.05, 3.63) is 28.2 Å². The molecule has 18 heavy (non-hydrogen) atoms. The third-order valence-electron chi connectivity index (χ3n) is 2.24. The predicted octanol–water partition coefficient (Wildman–Crippen LogP) is 1.73. The van der Waals surface area contributed by atoms with Gasteiger partial charge in [-0.1, -0.05) is 0 Å². The van der Waals surface area contributed by atoms with E-state index in [-0.39, 0.29) is 18.7 Å². The van der Waals surface area contributed by atoms with Gasteiger partial charge in [-0.2, -0.15) is 0 Å². The zero-order valence-electron chi connectivity index (χ0n) is 9.44. The van der Waals surface area contributed by atoms with E-state index in [1.807, 2.05) is 0 Å². The minimum absolute atomic E-state index is 0.148. The average molecular weight is 323 g/mol. The van der Waals surface area contributed by atoms with Gasteiger partial charge in [0, 0.05) is 16.7 Å². The van der Waals surface area contributed by atoms with E-state index in [0.29, 0.717) is 10.2 Å². The number of halogens is 3. The van der Waals surface area contributed by atoms with Gasteiger partial charge >= 0.3 is 0 Å². The van der Waals surface area contributed by atoms with Crippen LogP contribution in [-0.2, 0) is 0 Å². The Morgan fingerprint density at radius 2 is 2.17 bits per heavy atom. The molecule has 0 aliphatic carbocycles. The second kappa shape index (κ2) is 6.65. The Bertz CT molecular complexity index is 430. The number of alkyl halides is 2. The lowest BCUT2D eigenvalue weighted by atomic mass is 10.1. The molecule has 3 N–H and O–H groups in total. The Labute approximate surface area is 112 Å². The molecule has 0 unspecified atom stereocenters. The van der Waals surface area contributed by atoms with Crippen LogP contribution >= 0.6 is 15.9 Å². The van der Waals surface area contributed by atoms with E-state index < -0.39 is 18.9 Å². The van der Waals surface area contributed by atoms with E-state index >= 15 is 0 Å². The molecule has 0 aliphatic heterocycles. The zero-order valence-corrected chi connectivity index (χ0v) is 11.0. The molecule has 1 rings (SSSR count). The molecule has 1 aromatic carbocycles. The van der Waals surface area contributed by atoms with Gasteiger partial charge in [0.2, 0.25) is 0 Å². The summed E-state index contributed by atoms with van der Waals surface area (Å²) in [5, 5.41) is 8.79. The molecule has 0 saturated carbocycles. The molecule has 0 aliphatic rings. The molecular weight excluding hydrogens is 310 g/mol. The minimum Gasteiger partial charge on any atom is -0.399 e. The Hall–Kier alpha value is -1.21. The number of carbonyl (C=O) groups is 1. The summed E-state index contributed by atoms with van der Waals surface area (Å²) in [4.78, 5) is 12.9. The molecule has 0 fully saturated rings. The van der Waals surface area contributed by atoms with Crippen molar-refractivity contribution in [3.63, 3.8) is 0 Å². The second-order valence-electron chi connectivity index (χ2n) is 3.61. The van der Waals surface area contributed by atoms with Crippen molar-refractivity contribution < 1.29 is 18.7 Å². The summed E-state index contributed by atoms with van der Waals surface area (Å²) < 4.78 is 25.2. The Morgan fingerprint density at radius 3 is 2.72 bits per heavy atom. The van der Waals surface area contributed by atoms with Crippen molar-refractivity contribution in [2.45, 2.75) is 6.43 Å². The minimum atomic E-state index is -2.65. The summed E-state index contributed by atoms with van der Waals surface area (Å²) in [7, 11) is 0. The van der Waals surface area contributed by atoms with Crippen LogP contribution in [0.5, 0.6) is 0 Å². The van der Waals surface area contributed by atoms with Crippen LogP contribution in [0, 0.1) is 0 Å². The fourth-order valence-electron chi connectivity index (χ4n) is 1.44. The van der Waals surface area contributed by atoms with Gasteiger partial charge in [0.05, 0.1) is 18.7 Å². The Morgan fingerprint density at radius 1 is 1.50 bits per heavy atom. The fraction of sp³-hybridized carbons (Fsp3) is 0.364. The number of amides is 1. The molecule has 0 bridgehead atoms. The normalized spacial score (nSPS) is 10.7. The number of benzene rings is 1. The molecule has 7 heteroatoms. The first-order chi connectivity index (χ1) is 8.45. The van der Waals surface area contributed by atoms with Gasteiger partial charge in [-0.3, -0.25) is 4.79 Å². The quantitative estimate of drug-likeness (QED) is 0.811. The van der Waals surface area contributed by atoms with Gasteiger partial charge in [-0.25, -0.2) is 8.78 Å². The van der Waals surface area contributed by atoms with Crippen LogP contribution in [-0.4, -0.2) is 42.0 Å². The smallest absolute Gasteiger partial charge is 0.255 e. The summed E-state index contributed by atoms with van der Waals surface area (Å²) in [5.41, 5.74) is 6.11. The number of nitrogens with zero attached hydrogens (tertiary/aromatic N) is 1. The monoisotopic (exact) mass is 322 g/mol. The molecular formula is C11H13BrF2N2O2. The van der Waals surface area contributed by atoms with Gasteiger partial charge in [0.25, 0.3) is 12.3 Å². The standard InChI is InChI=1S/C11H13BrF2N2O2/c12-9-2-1-7(15)5-8(9)11(18)16(3-4-17)6-10(13)14/h1-2,5,10,17H,3-4,6,15H2. The maximum absolute atomic E-state index is 12.4. The first kappa shape index (κ1) is 14.8. The Kier molecular flexibility index (Phi) is 5.49. The van der Waals surface area contributed by atoms with Gasteiger partial charge in [0.1, 0.15) is 0 Å². The fourth-order valence-corrected chi connectivity index (χ4v) is 1.86. The first-order valence-electron chi connectivity index (χ1n) is 5.19. The van der Waals surface area contributed by atoms with E-state index in [0.717, 1.165) is 4.90 Å². The molecule has 100 valence electrons. The lowest BCUT2D eigenvalue weighted by Gasteiger charge is -2.22. The van der Waals surface area contributed by atoms with Gasteiger partial charge in [-0.15, -0.1) is 0 Å². The number of carbonyl (C=O) groups excluding carboxylic acids is 1. The second-order valence-corrected chi connectivity index (χ2v) is 4.46. The molecule has 1 aromatic rings. The number of aliphatic hydroxyl groups excluding tert-OH is 1. The van der Waals surface area contributed by atoms with Crippen LogP contribution in [0.2, 0.25) is 0 Å². The van der Waals surface area contributed by atoms with E-state index in [1.165, 1.54) is 6.07 Å². The van der Waals surface area contributed by atoms with E-state index in [4.69, 9.17) is 10.8 Å². The third kappa shape index (κ3) is 3.92. The predicted molar refractivity (Wildman–Crippen MR) is 67.5 cm³/mol. The maximum Gasteiger partial charge on any atom is 0.255 e. The summed E-state index contributed by atoms with van der Waals surface area (Å²) in [6, 6.07) is 4.56. The Balaban J connectivity index is 2.97. The van der Waals surface area contributed by atoms with Gasteiger partial charge in [-0.05, 0) is 34.1 Å². The number of nitrogens with two attached hydrogens (primary N) is 1. The number of hydrogen-bond acceptors (Lipinski definition) is 3. The average Bonchev–Trinajstić information content (AvgIpc) is 2.30. The maximum atomic E-state index is 12.4. The van der Waals surface area contributed by atoms with Crippen molar-refractivity contribution in [3.8, 4) is 0 Å². The molecule has 0 radical (unpaired) electrons. The van der Waals surface area contributed by atoms with Crippen molar-refractivity contribution in [2.75, 3.05) is 25.4 Å². The summed E-state index contributed by atoms with van der Waals surface area (Å²) in [5.74, 6) is -0.594. The number of nitrogen functional groups attached to an aromatic ring is 1. The van der Waals surface area contributed by atoms with Crippen molar-refractivity contribution in [1.82, 2.24) is 4.90 Å². The van der Waals surface area contributed by atoms with Crippen LogP contribution in [0.25, 0.3) is 0 Å². The van der Waals surface area contributed by atoms with Gasteiger partial charge < -0.3 is 15.7 Å². The lowest BCUT2D eigenvalue weighted by molar-refractivity contribution is 0.0508. The number of anilines is 1. The highest BCUT2D eigenvalue weighted by atomic mass is 79.9. The number of rotatable bonds is 5. The van der Waals surface area contributed by atoms with E-state index in [2.05, 4.69) is 15.9 Å². The topological polar surface area (TPSA) is 66.6 Å². The van der Waals surface area contributed by atoms with E-state index in [9.17, 15) is 13.6 Å². The summed E-state index contributed by atoms with van der Waals surface area (Å²) >= 11 is 3.16. The van der Waals surface area contributed by atoms with Crippen LogP contribution in [0.1, 0.15) is 10.4 Å². The summed E-state index contributed by atoms with van der Waals surface area (Å²) in [6.07, 6.45) is -2.65. The third-order valence-corrected chi connectivity index (χ3v) is 2.93. The highest BCUT2D eigenvalue weighted by Gasteiger charge is 2.21. The summed E-state index contributed by atoms with van der Waals surface area (Å²) in [6.45, 7) is -1.25. The highest BCUT2D eigenvalue weighted by Crippen LogP contribution is 2.21. The first-order valence-corrected chi connectivity index (χ1v) is 5.98. The zero-order chi connectivity index (χ0) is 13.7. The van der Waals surface area contributed by atoms with E-state index in [1.54, 1.807) is 12.1 Å². The van der Waals surface area contributed by atoms with Crippen LogP contribution < -0.4 is 5.73 Å². The number of aliphatic hydroxyl groups is 1. The van der Waals surface area contributed by atoms with Crippen molar-refractivity contribution in [1.29, 1.82) is 0 Å². The van der Waals surface area contributed by atoms with Crippen LogP contribution in [0.4, 0.5) is 14.5 Å². The molecule has 0 heterocycles. The molecule has 0 aromatic heterocycles. The largest absolute Gasteiger partial charge is 0.399 e. The van der Waals surface area contributed by atoms with Crippen molar-refractivity contribution in [2.24, 2.45) is 0 Å². The van der Waals surface area contributed by atoms with Crippen LogP contribution in [0.15, 0.2) is 22.7 Å². The van der Waals surface area contributed by atoms with Crippen LogP contribution in [0.3, 0.4) is 0 Å². The molecule has 0 spiro atoms.